The first-order chi connectivity index (χ1) is 18.0. The van der Waals surface area contributed by atoms with Crippen molar-refractivity contribution in [2.24, 2.45) is 0 Å². The Bertz CT molecular complexity index is 1540. The van der Waals surface area contributed by atoms with E-state index in [1.54, 1.807) is 26.4 Å². The van der Waals surface area contributed by atoms with Crippen LogP contribution in [-0.2, 0) is 21.2 Å². The maximum absolute atomic E-state index is 14.0. The molecule has 0 unspecified atom stereocenters. The number of fused-ring (bicyclic) bond motifs is 2. The van der Waals surface area contributed by atoms with E-state index in [1.165, 1.54) is 11.4 Å². The molecule has 192 valence electrons. The third kappa shape index (κ3) is 4.64. The molecule has 0 spiro atoms. The van der Waals surface area contributed by atoms with Gasteiger partial charge in [-0.2, -0.15) is 0 Å². The molecule has 1 N–H and O–H groups in total. The van der Waals surface area contributed by atoms with Crippen LogP contribution in [0, 0.1) is 0 Å². The smallest absolute Gasteiger partial charge is 0.266 e. The Balaban J connectivity index is 1.63. The lowest BCUT2D eigenvalue weighted by molar-refractivity contribution is 0.209. The maximum atomic E-state index is 14.0. The largest absolute Gasteiger partial charge is 0.493 e. The molecule has 4 aromatic rings. The number of anilines is 1. The van der Waals surface area contributed by atoms with E-state index >= 15 is 0 Å². The Morgan fingerprint density at radius 1 is 0.838 bits per heavy atom. The van der Waals surface area contributed by atoms with Crippen LogP contribution >= 0.6 is 0 Å². The lowest BCUT2D eigenvalue weighted by atomic mass is 9.88. The number of sulfonamides is 1. The fourth-order valence-corrected chi connectivity index (χ4v) is 6.40. The summed E-state index contributed by atoms with van der Waals surface area (Å²) < 4.78 is 45.9. The van der Waals surface area contributed by atoms with Crippen LogP contribution in [0.3, 0.4) is 0 Å². The molecule has 8 heteroatoms. The van der Waals surface area contributed by atoms with Gasteiger partial charge in [0, 0.05) is 13.7 Å². The fourth-order valence-electron chi connectivity index (χ4n) is 4.96. The summed E-state index contributed by atoms with van der Waals surface area (Å²) in [6.45, 7) is 0.612. The van der Waals surface area contributed by atoms with Crippen LogP contribution in [0.15, 0.2) is 83.8 Å². The summed E-state index contributed by atoms with van der Waals surface area (Å²) in [6, 6.07) is 24.2. The number of hydrogen-bond acceptors (Lipinski definition) is 6. The van der Waals surface area contributed by atoms with E-state index in [-0.39, 0.29) is 17.7 Å². The normalized spacial score (nSPS) is 15.3. The molecule has 1 atom stereocenters. The van der Waals surface area contributed by atoms with Crippen molar-refractivity contribution in [1.29, 1.82) is 0 Å². The molecule has 7 nitrogen and oxygen atoms in total. The summed E-state index contributed by atoms with van der Waals surface area (Å²) >= 11 is 0. The molecule has 0 radical (unpaired) electrons. The monoisotopic (exact) mass is 518 g/mol. The van der Waals surface area contributed by atoms with Crippen LogP contribution < -0.4 is 19.1 Å². The first-order valence-electron chi connectivity index (χ1n) is 12.1. The Morgan fingerprint density at radius 2 is 1.54 bits per heavy atom. The van der Waals surface area contributed by atoms with Crippen LogP contribution in [0.1, 0.15) is 22.7 Å². The van der Waals surface area contributed by atoms with Gasteiger partial charge < -0.3 is 19.5 Å². The van der Waals surface area contributed by atoms with E-state index in [0.29, 0.717) is 17.2 Å². The zero-order valence-electron chi connectivity index (χ0n) is 21.1. The van der Waals surface area contributed by atoms with Crippen LogP contribution in [-0.4, -0.2) is 43.0 Å². The molecule has 1 heterocycles. The van der Waals surface area contributed by atoms with Crippen LogP contribution in [0.25, 0.3) is 10.8 Å². The molecule has 0 bridgehead atoms. The van der Waals surface area contributed by atoms with E-state index in [0.717, 1.165) is 40.4 Å². The maximum Gasteiger partial charge on any atom is 0.266 e. The number of hydrogen-bond donors (Lipinski definition) is 1. The summed E-state index contributed by atoms with van der Waals surface area (Å²) in [6.07, 6.45) is 0.825. The molecule has 5 rings (SSSR count). The minimum Gasteiger partial charge on any atom is -0.493 e. The van der Waals surface area contributed by atoms with Crippen LogP contribution in [0.2, 0.25) is 0 Å². The van der Waals surface area contributed by atoms with Gasteiger partial charge in [0.15, 0.2) is 11.5 Å². The molecule has 1 aliphatic rings. The third-order valence-corrected chi connectivity index (χ3v) is 8.50. The highest BCUT2D eigenvalue weighted by atomic mass is 32.2. The van der Waals surface area contributed by atoms with Crippen molar-refractivity contribution in [2.45, 2.75) is 17.4 Å². The van der Waals surface area contributed by atoms with Crippen molar-refractivity contribution in [3.05, 3.63) is 95.6 Å². The zero-order valence-corrected chi connectivity index (χ0v) is 21.9. The lowest BCUT2D eigenvalue weighted by Crippen LogP contribution is -2.36. The van der Waals surface area contributed by atoms with E-state index in [4.69, 9.17) is 14.2 Å². The number of ether oxygens (including phenoxy) is 3. The van der Waals surface area contributed by atoms with Gasteiger partial charge in [0.2, 0.25) is 0 Å². The zero-order chi connectivity index (χ0) is 26.0. The number of rotatable bonds is 8. The minimum absolute atomic E-state index is 0.127. The number of nitrogens with zero attached hydrogens (tertiary/aromatic N) is 1. The van der Waals surface area contributed by atoms with Crippen LogP contribution in [0.5, 0.6) is 11.5 Å². The predicted octanol–water partition coefficient (Wildman–Crippen LogP) is 4.89. The SMILES string of the molecule is COCN(c1ccccc1[C@H]1NCCc2cc(OC)c(OC)cc21)S(=O)(=O)c1ccc2ccccc2c1. The Kier molecular flexibility index (Phi) is 7.06. The first-order valence-corrected chi connectivity index (χ1v) is 13.5. The highest BCUT2D eigenvalue weighted by molar-refractivity contribution is 7.92. The minimum atomic E-state index is -3.93. The summed E-state index contributed by atoms with van der Waals surface area (Å²) in [5.41, 5.74) is 3.54. The standard InChI is InChI=1S/C29H30N2O5S/c1-34-19-31(37(32,33)23-13-12-20-8-4-5-9-21(20)16-23)26-11-7-6-10-24(26)29-25-18-28(36-3)27(35-2)17-22(25)14-15-30-29/h4-13,16-18,29-30H,14-15,19H2,1-3H3/t29-/m1/s1. The quantitative estimate of drug-likeness (QED) is 0.335. The number of methoxy groups -OCH3 is 3. The average molecular weight is 519 g/mol. The predicted molar refractivity (Wildman–Crippen MR) is 145 cm³/mol. The molecular formula is C29H30N2O5S. The second-order valence-electron chi connectivity index (χ2n) is 8.88. The van der Waals surface area contributed by atoms with Crippen molar-refractivity contribution >= 4 is 26.5 Å². The Labute approximate surface area is 217 Å². The second kappa shape index (κ2) is 10.4. The number of para-hydroxylation sites is 1. The van der Waals surface area contributed by atoms with Gasteiger partial charge in [-0.1, -0.05) is 48.5 Å². The molecule has 0 aromatic heterocycles. The molecule has 37 heavy (non-hydrogen) atoms. The van der Waals surface area contributed by atoms with Gasteiger partial charge in [0.1, 0.15) is 6.73 Å². The number of benzene rings is 4. The third-order valence-electron chi connectivity index (χ3n) is 6.77. The van der Waals surface area contributed by atoms with Crippen molar-refractivity contribution in [3.63, 3.8) is 0 Å². The van der Waals surface area contributed by atoms with Gasteiger partial charge >= 0.3 is 0 Å². The molecule has 0 fully saturated rings. The van der Waals surface area contributed by atoms with Gasteiger partial charge in [-0.05, 0) is 64.2 Å². The summed E-state index contributed by atoms with van der Waals surface area (Å²) in [4.78, 5) is 0.210. The van der Waals surface area contributed by atoms with Gasteiger partial charge in [-0.25, -0.2) is 12.7 Å². The topological polar surface area (TPSA) is 77.1 Å². The lowest BCUT2D eigenvalue weighted by Gasteiger charge is -2.32. The average Bonchev–Trinajstić information content (AvgIpc) is 2.94. The Morgan fingerprint density at radius 3 is 2.30 bits per heavy atom. The molecule has 1 aliphatic heterocycles. The second-order valence-corrected chi connectivity index (χ2v) is 10.7. The van der Waals surface area contributed by atoms with Crippen molar-refractivity contribution in [1.82, 2.24) is 5.32 Å². The molecular weight excluding hydrogens is 488 g/mol. The van der Waals surface area contributed by atoms with Crippen molar-refractivity contribution < 1.29 is 22.6 Å². The molecule has 0 saturated carbocycles. The van der Waals surface area contributed by atoms with E-state index in [2.05, 4.69) is 5.32 Å². The number of nitrogens with one attached hydrogen (secondary N) is 1. The van der Waals surface area contributed by atoms with E-state index in [1.807, 2.05) is 66.7 Å². The molecule has 0 saturated heterocycles. The highest BCUT2D eigenvalue weighted by Gasteiger charge is 2.31. The van der Waals surface area contributed by atoms with Gasteiger partial charge in [0.25, 0.3) is 10.0 Å². The first kappa shape index (κ1) is 25.1. The fraction of sp³-hybridized carbons (Fsp3) is 0.241. The van der Waals surface area contributed by atoms with Crippen molar-refractivity contribution in [2.75, 3.05) is 38.9 Å². The molecule has 0 amide bonds. The van der Waals surface area contributed by atoms with E-state index in [9.17, 15) is 8.42 Å². The van der Waals surface area contributed by atoms with Crippen molar-refractivity contribution in [3.8, 4) is 11.5 Å². The van der Waals surface area contributed by atoms with Crippen LogP contribution in [0.4, 0.5) is 5.69 Å². The van der Waals surface area contributed by atoms with Gasteiger partial charge in [0.05, 0.1) is 30.8 Å². The van der Waals surface area contributed by atoms with Gasteiger partial charge in [-0.15, -0.1) is 0 Å². The molecule has 0 aliphatic carbocycles. The highest BCUT2D eigenvalue weighted by Crippen LogP contribution is 2.41. The Hall–Kier alpha value is -3.59. The summed E-state index contributed by atoms with van der Waals surface area (Å²) in [7, 11) is 0.797. The van der Waals surface area contributed by atoms with Gasteiger partial charge in [-0.3, -0.25) is 0 Å². The summed E-state index contributed by atoms with van der Waals surface area (Å²) in [5, 5.41) is 5.41. The van der Waals surface area contributed by atoms with E-state index < -0.39 is 10.0 Å². The molecule has 4 aromatic carbocycles. The summed E-state index contributed by atoms with van der Waals surface area (Å²) in [5.74, 6) is 1.31.